The van der Waals surface area contributed by atoms with Gasteiger partial charge in [0, 0.05) is 13.0 Å². The lowest BCUT2D eigenvalue weighted by Gasteiger charge is -2.45. The molecule has 1 heterocycles. The second kappa shape index (κ2) is 4.88. The summed E-state index contributed by atoms with van der Waals surface area (Å²) >= 11 is 0. The van der Waals surface area contributed by atoms with Crippen LogP contribution in [0.4, 0.5) is 0 Å². The predicted molar refractivity (Wildman–Crippen MR) is 81.6 cm³/mol. The number of imidazole rings is 1. The van der Waals surface area contributed by atoms with Gasteiger partial charge in [-0.3, -0.25) is 0 Å². The van der Waals surface area contributed by atoms with E-state index in [1.807, 2.05) is 18.2 Å². The molecule has 108 valence electrons. The van der Waals surface area contributed by atoms with Gasteiger partial charge in [0.1, 0.15) is 5.82 Å². The Kier molecular flexibility index (Phi) is 3.33. The summed E-state index contributed by atoms with van der Waals surface area (Å²) in [6.45, 7) is 7.52. The summed E-state index contributed by atoms with van der Waals surface area (Å²) in [5.41, 5.74) is 1.67. The molecule has 3 heteroatoms. The Labute approximate surface area is 120 Å². The molecule has 0 atom stereocenters. The highest BCUT2D eigenvalue weighted by molar-refractivity contribution is 5.75. The third-order valence-electron chi connectivity index (χ3n) is 4.76. The SMILES string of the molecule is CCn1c(CC2(O)CC(C(C)C)C2)nc2ccccc21. The lowest BCUT2D eigenvalue weighted by molar-refractivity contribution is -0.0875. The molecule has 1 aromatic heterocycles. The fraction of sp³-hybridized carbons (Fsp3) is 0.588. The number of aromatic nitrogens is 2. The minimum Gasteiger partial charge on any atom is -0.389 e. The molecule has 1 saturated carbocycles. The third kappa shape index (κ3) is 2.24. The van der Waals surface area contributed by atoms with E-state index >= 15 is 0 Å². The lowest BCUT2D eigenvalue weighted by atomic mass is 9.65. The maximum atomic E-state index is 10.7. The highest BCUT2D eigenvalue weighted by atomic mass is 16.3. The van der Waals surface area contributed by atoms with E-state index < -0.39 is 5.60 Å². The van der Waals surface area contributed by atoms with Crippen LogP contribution < -0.4 is 0 Å². The van der Waals surface area contributed by atoms with Crippen LogP contribution in [0.5, 0.6) is 0 Å². The molecule has 1 fully saturated rings. The minimum atomic E-state index is -0.538. The number of benzene rings is 1. The predicted octanol–water partition coefficient (Wildman–Crippen LogP) is 3.40. The number of para-hydroxylation sites is 2. The number of hydrogen-bond donors (Lipinski definition) is 1. The normalized spacial score (nSPS) is 26.1. The van der Waals surface area contributed by atoms with E-state index in [4.69, 9.17) is 4.98 Å². The van der Waals surface area contributed by atoms with Gasteiger partial charge in [0.05, 0.1) is 16.6 Å². The van der Waals surface area contributed by atoms with E-state index in [9.17, 15) is 5.11 Å². The smallest absolute Gasteiger partial charge is 0.112 e. The van der Waals surface area contributed by atoms with Crippen molar-refractivity contribution in [2.45, 2.75) is 52.2 Å². The zero-order valence-electron chi connectivity index (χ0n) is 12.6. The van der Waals surface area contributed by atoms with Gasteiger partial charge >= 0.3 is 0 Å². The first-order valence-electron chi connectivity index (χ1n) is 7.69. The zero-order valence-corrected chi connectivity index (χ0v) is 12.6. The van der Waals surface area contributed by atoms with Crippen molar-refractivity contribution in [3.05, 3.63) is 30.1 Å². The van der Waals surface area contributed by atoms with Gasteiger partial charge in [-0.1, -0.05) is 26.0 Å². The molecule has 1 N–H and O–H groups in total. The molecule has 2 aromatic rings. The first-order valence-corrected chi connectivity index (χ1v) is 7.69. The molecule has 0 bridgehead atoms. The maximum Gasteiger partial charge on any atom is 0.112 e. The summed E-state index contributed by atoms with van der Waals surface area (Å²) < 4.78 is 2.23. The van der Waals surface area contributed by atoms with Crippen LogP contribution in [-0.4, -0.2) is 20.3 Å². The molecule has 0 amide bonds. The van der Waals surface area contributed by atoms with Gasteiger partial charge in [-0.2, -0.15) is 0 Å². The van der Waals surface area contributed by atoms with Gasteiger partial charge in [0.15, 0.2) is 0 Å². The molecule has 0 saturated heterocycles. The minimum absolute atomic E-state index is 0.538. The van der Waals surface area contributed by atoms with Crippen molar-refractivity contribution in [2.24, 2.45) is 11.8 Å². The molecule has 0 aliphatic heterocycles. The van der Waals surface area contributed by atoms with Crippen LogP contribution in [0.15, 0.2) is 24.3 Å². The Morgan fingerprint density at radius 3 is 2.70 bits per heavy atom. The van der Waals surface area contributed by atoms with Crippen molar-refractivity contribution in [2.75, 3.05) is 0 Å². The fourth-order valence-corrected chi connectivity index (χ4v) is 3.44. The van der Waals surface area contributed by atoms with Crippen molar-refractivity contribution in [1.82, 2.24) is 9.55 Å². The molecule has 1 aromatic carbocycles. The van der Waals surface area contributed by atoms with E-state index in [-0.39, 0.29) is 0 Å². The summed E-state index contributed by atoms with van der Waals surface area (Å²) in [7, 11) is 0. The van der Waals surface area contributed by atoms with Gasteiger partial charge in [-0.25, -0.2) is 4.98 Å². The molecular formula is C17H24N2O. The Balaban J connectivity index is 1.85. The fourth-order valence-electron chi connectivity index (χ4n) is 3.44. The van der Waals surface area contributed by atoms with Gasteiger partial charge in [0.2, 0.25) is 0 Å². The summed E-state index contributed by atoms with van der Waals surface area (Å²) in [6.07, 6.45) is 2.51. The van der Waals surface area contributed by atoms with E-state index in [0.717, 1.165) is 30.7 Å². The van der Waals surface area contributed by atoms with Crippen LogP contribution in [0.3, 0.4) is 0 Å². The Bertz CT molecular complexity index is 608. The third-order valence-corrected chi connectivity index (χ3v) is 4.76. The van der Waals surface area contributed by atoms with E-state index in [1.54, 1.807) is 0 Å². The number of hydrogen-bond acceptors (Lipinski definition) is 2. The van der Waals surface area contributed by atoms with Gasteiger partial charge in [-0.15, -0.1) is 0 Å². The molecule has 0 unspecified atom stereocenters. The number of fused-ring (bicyclic) bond motifs is 1. The standard InChI is InChI=1S/C17H24N2O/c1-4-19-15-8-6-5-7-14(15)18-16(19)11-17(20)9-13(10-17)12(2)3/h5-8,12-13,20H,4,9-11H2,1-3H3. The monoisotopic (exact) mass is 272 g/mol. The molecular weight excluding hydrogens is 248 g/mol. The average molecular weight is 272 g/mol. The molecule has 20 heavy (non-hydrogen) atoms. The molecule has 3 rings (SSSR count). The van der Waals surface area contributed by atoms with E-state index in [0.29, 0.717) is 18.3 Å². The second-order valence-electron chi connectivity index (χ2n) is 6.57. The van der Waals surface area contributed by atoms with Crippen LogP contribution in [0.25, 0.3) is 11.0 Å². The summed E-state index contributed by atoms with van der Waals surface area (Å²) in [5.74, 6) is 2.36. The lowest BCUT2D eigenvalue weighted by Crippen LogP contribution is -2.47. The first kappa shape index (κ1) is 13.6. The number of aliphatic hydroxyl groups is 1. The molecule has 1 aliphatic carbocycles. The largest absolute Gasteiger partial charge is 0.389 e. The Morgan fingerprint density at radius 1 is 1.35 bits per heavy atom. The topological polar surface area (TPSA) is 38.0 Å². The van der Waals surface area contributed by atoms with Crippen molar-refractivity contribution in [1.29, 1.82) is 0 Å². The van der Waals surface area contributed by atoms with Gasteiger partial charge < -0.3 is 9.67 Å². The average Bonchev–Trinajstić information content (AvgIpc) is 2.72. The number of aryl methyl sites for hydroxylation is 1. The Morgan fingerprint density at radius 2 is 2.05 bits per heavy atom. The van der Waals surface area contributed by atoms with E-state index in [1.165, 1.54) is 5.52 Å². The number of rotatable bonds is 4. The van der Waals surface area contributed by atoms with Crippen molar-refractivity contribution < 1.29 is 5.11 Å². The van der Waals surface area contributed by atoms with Crippen LogP contribution in [0, 0.1) is 11.8 Å². The molecule has 3 nitrogen and oxygen atoms in total. The second-order valence-corrected chi connectivity index (χ2v) is 6.57. The molecule has 0 spiro atoms. The molecule has 0 radical (unpaired) electrons. The van der Waals surface area contributed by atoms with Crippen LogP contribution >= 0.6 is 0 Å². The maximum absolute atomic E-state index is 10.7. The first-order chi connectivity index (χ1) is 9.52. The van der Waals surface area contributed by atoms with Crippen LogP contribution in [0.2, 0.25) is 0 Å². The zero-order chi connectivity index (χ0) is 14.3. The highest BCUT2D eigenvalue weighted by Gasteiger charge is 2.44. The van der Waals surface area contributed by atoms with Crippen LogP contribution in [-0.2, 0) is 13.0 Å². The van der Waals surface area contributed by atoms with Crippen LogP contribution in [0.1, 0.15) is 39.4 Å². The summed E-state index contributed by atoms with van der Waals surface area (Å²) in [6, 6.07) is 8.22. The summed E-state index contributed by atoms with van der Waals surface area (Å²) in [4.78, 5) is 4.72. The van der Waals surface area contributed by atoms with Gasteiger partial charge in [-0.05, 0) is 43.7 Å². The highest BCUT2D eigenvalue weighted by Crippen LogP contribution is 2.44. The molecule has 1 aliphatic rings. The van der Waals surface area contributed by atoms with Crippen molar-refractivity contribution in [3.63, 3.8) is 0 Å². The van der Waals surface area contributed by atoms with Gasteiger partial charge in [0.25, 0.3) is 0 Å². The van der Waals surface area contributed by atoms with E-state index in [2.05, 4.69) is 31.4 Å². The number of nitrogens with zero attached hydrogens (tertiary/aromatic N) is 2. The quantitative estimate of drug-likeness (QED) is 0.926. The summed E-state index contributed by atoms with van der Waals surface area (Å²) in [5, 5.41) is 10.7. The van der Waals surface area contributed by atoms with Crippen molar-refractivity contribution >= 4 is 11.0 Å². The Hall–Kier alpha value is -1.35. The van der Waals surface area contributed by atoms with Crippen molar-refractivity contribution in [3.8, 4) is 0 Å².